The zero-order chi connectivity index (χ0) is 6.43. The van der Waals surface area contributed by atoms with E-state index in [4.69, 9.17) is 4.74 Å². The van der Waals surface area contributed by atoms with Gasteiger partial charge in [-0.2, -0.15) is 0 Å². The second kappa shape index (κ2) is 1.57. The predicted octanol–water partition coefficient (Wildman–Crippen LogP) is 0.753. The Balaban J connectivity index is 2.25. The molecular formula is C7H10O2. The van der Waals surface area contributed by atoms with Gasteiger partial charge in [0.2, 0.25) is 0 Å². The molecule has 9 heavy (non-hydrogen) atoms. The van der Waals surface area contributed by atoms with Crippen molar-refractivity contribution in [3.8, 4) is 0 Å². The van der Waals surface area contributed by atoms with Crippen LogP contribution in [0.5, 0.6) is 0 Å². The molecule has 2 heteroatoms. The van der Waals surface area contributed by atoms with Gasteiger partial charge >= 0.3 is 0 Å². The molecule has 2 aliphatic heterocycles. The van der Waals surface area contributed by atoms with Crippen LogP contribution >= 0.6 is 0 Å². The number of ketones is 1. The Morgan fingerprint density at radius 3 is 2.67 bits per heavy atom. The van der Waals surface area contributed by atoms with Gasteiger partial charge in [-0.05, 0) is 12.8 Å². The minimum atomic E-state index is -0.0231. The molecule has 3 unspecified atom stereocenters. The average Bonchev–Trinajstić information content (AvgIpc) is 2.37. The number of rotatable bonds is 0. The summed E-state index contributed by atoms with van der Waals surface area (Å²) in [6, 6.07) is 0. The lowest BCUT2D eigenvalue weighted by atomic mass is 9.90. The molecular weight excluding hydrogens is 116 g/mol. The van der Waals surface area contributed by atoms with E-state index in [1.807, 2.05) is 6.92 Å². The lowest BCUT2D eigenvalue weighted by Gasteiger charge is -2.10. The van der Waals surface area contributed by atoms with Crippen molar-refractivity contribution < 1.29 is 9.53 Å². The number of hydrogen-bond donors (Lipinski definition) is 0. The summed E-state index contributed by atoms with van der Waals surface area (Å²) in [6.07, 6.45) is 2.30. The molecule has 0 spiro atoms. The summed E-state index contributed by atoms with van der Waals surface area (Å²) in [7, 11) is 0. The maximum absolute atomic E-state index is 11.0. The van der Waals surface area contributed by atoms with E-state index in [0.29, 0.717) is 5.78 Å². The summed E-state index contributed by atoms with van der Waals surface area (Å²) < 4.78 is 5.35. The first-order valence-electron chi connectivity index (χ1n) is 3.48. The highest BCUT2D eigenvalue weighted by Gasteiger charge is 2.45. The lowest BCUT2D eigenvalue weighted by Crippen LogP contribution is -2.23. The number of Topliss-reactive ketones (excluding diaryl/α,β-unsaturated/α-hetero) is 1. The minimum Gasteiger partial charge on any atom is -0.366 e. The molecule has 0 aliphatic carbocycles. The first kappa shape index (κ1) is 5.42. The van der Waals surface area contributed by atoms with Crippen molar-refractivity contribution in [3.63, 3.8) is 0 Å². The number of hydrogen-bond acceptors (Lipinski definition) is 2. The summed E-state index contributed by atoms with van der Waals surface area (Å²) in [5, 5.41) is 0. The van der Waals surface area contributed by atoms with Gasteiger partial charge < -0.3 is 4.74 Å². The molecule has 2 rings (SSSR count). The minimum absolute atomic E-state index is 0.0231. The van der Waals surface area contributed by atoms with Crippen molar-refractivity contribution in [2.75, 3.05) is 0 Å². The molecule has 2 nitrogen and oxygen atoms in total. The lowest BCUT2D eigenvalue weighted by molar-refractivity contribution is -0.124. The SMILES string of the molecule is CC1C(=O)C2CCC1O2. The Morgan fingerprint density at radius 1 is 1.56 bits per heavy atom. The molecule has 50 valence electrons. The van der Waals surface area contributed by atoms with Crippen LogP contribution in [0.3, 0.4) is 0 Å². The van der Waals surface area contributed by atoms with Crippen molar-refractivity contribution in [1.29, 1.82) is 0 Å². The molecule has 0 aromatic carbocycles. The van der Waals surface area contributed by atoms with Crippen molar-refractivity contribution in [3.05, 3.63) is 0 Å². The standard InChI is InChI=1S/C7H10O2/c1-4-5-2-3-6(9-5)7(4)8/h4-6H,2-3H2,1H3. The van der Waals surface area contributed by atoms with Gasteiger partial charge in [0.05, 0.1) is 6.10 Å². The van der Waals surface area contributed by atoms with E-state index in [0.717, 1.165) is 12.8 Å². The summed E-state index contributed by atoms with van der Waals surface area (Å²) in [4.78, 5) is 11.0. The van der Waals surface area contributed by atoms with Gasteiger partial charge in [-0.25, -0.2) is 0 Å². The largest absolute Gasteiger partial charge is 0.366 e. The van der Waals surface area contributed by atoms with E-state index >= 15 is 0 Å². The smallest absolute Gasteiger partial charge is 0.166 e. The van der Waals surface area contributed by atoms with Gasteiger partial charge in [-0.1, -0.05) is 6.92 Å². The zero-order valence-corrected chi connectivity index (χ0v) is 5.46. The topological polar surface area (TPSA) is 26.3 Å². The first-order valence-corrected chi connectivity index (χ1v) is 3.48. The molecule has 2 bridgehead atoms. The molecule has 0 radical (unpaired) electrons. The Morgan fingerprint density at radius 2 is 2.33 bits per heavy atom. The van der Waals surface area contributed by atoms with Crippen LogP contribution in [0.15, 0.2) is 0 Å². The number of fused-ring (bicyclic) bond motifs is 2. The van der Waals surface area contributed by atoms with Crippen LogP contribution in [0.1, 0.15) is 19.8 Å². The number of carbonyl (C=O) groups excluding carboxylic acids is 1. The zero-order valence-electron chi connectivity index (χ0n) is 5.46. The van der Waals surface area contributed by atoms with Gasteiger partial charge in [0, 0.05) is 5.92 Å². The third kappa shape index (κ3) is 0.568. The maximum Gasteiger partial charge on any atom is 0.166 e. The third-order valence-corrected chi connectivity index (χ3v) is 2.38. The highest BCUT2D eigenvalue weighted by molar-refractivity contribution is 5.88. The van der Waals surface area contributed by atoms with Crippen LogP contribution in [-0.2, 0) is 9.53 Å². The van der Waals surface area contributed by atoms with E-state index < -0.39 is 0 Å². The second-order valence-electron chi connectivity index (χ2n) is 2.93. The highest BCUT2D eigenvalue weighted by Crippen LogP contribution is 2.35. The van der Waals surface area contributed by atoms with Gasteiger partial charge in [0.1, 0.15) is 6.10 Å². The van der Waals surface area contributed by atoms with Crippen LogP contribution in [0.2, 0.25) is 0 Å². The maximum atomic E-state index is 11.0. The molecule has 2 fully saturated rings. The fourth-order valence-corrected chi connectivity index (χ4v) is 1.72. The van der Waals surface area contributed by atoms with E-state index in [9.17, 15) is 4.79 Å². The van der Waals surface area contributed by atoms with E-state index in [2.05, 4.69) is 0 Å². The summed E-state index contributed by atoms with van der Waals surface area (Å²) in [5.41, 5.74) is 0. The van der Waals surface area contributed by atoms with Crippen molar-refractivity contribution in [2.45, 2.75) is 32.0 Å². The third-order valence-electron chi connectivity index (χ3n) is 2.38. The van der Waals surface area contributed by atoms with Crippen LogP contribution in [0.4, 0.5) is 0 Å². The molecule has 0 aromatic rings. The molecule has 3 atom stereocenters. The van der Waals surface area contributed by atoms with Crippen LogP contribution in [0, 0.1) is 5.92 Å². The van der Waals surface area contributed by atoms with Crippen molar-refractivity contribution in [2.24, 2.45) is 5.92 Å². The van der Waals surface area contributed by atoms with Gasteiger partial charge in [-0.15, -0.1) is 0 Å². The van der Waals surface area contributed by atoms with E-state index in [1.165, 1.54) is 0 Å². The quantitative estimate of drug-likeness (QED) is 0.479. The molecule has 0 aromatic heterocycles. The molecule has 0 saturated carbocycles. The van der Waals surface area contributed by atoms with Gasteiger partial charge in [0.25, 0.3) is 0 Å². The normalized spacial score (nSPS) is 48.6. The number of carbonyl (C=O) groups is 1. The monoisotopic (exact) mass is 126 g/mol. The Kier molecular flexibility index (Phi) is 0.943. The van der Waals surface area contributed by atoms with Crippen LogP contribution < -0.4 is 0 Å². The fourth-order valence-electron chi connectivity index (χ4n) is 1.72. The Bertz CT molecular complexity index is 149. The second-order valence-corrected chi connectivity index (χ2v) is 2.93. The first-order chi connectivity index (χ1) is 4.29. The van der Waals surface area contributed by atoms with E-state index in [1.54, 1.807) is 0 Å². The van der Waals surface area contributed by atoms with Gasteiger partial charge in [-0.3, -0.25) is 4.79 Å². The van der Waals surface area contributed by atoms with Gasteiger partial charge in [0.15, 0.2) is 5.78 Å². The summed E-state index contributed by atoms with van der Waals surface area (Å²) >= 11 is 0. The Hall–Kier alpha value is -0.370. The Labute approximate surface area is 54.2 Å². The summed E-state index contributed by atoms with van der Waals surface area (Å²) in [6.45, 7) is 1.96. The highest BCUT2D eigenvalue weighted by atomic mass is 16.5. The van der Waals surface area contributed by atoms with Crippen molar-refractivity contribution >= 4 is 5.78 Å². The van der Waals surface area contributed by atoms with Crippen molar-refractivity contribution in [1.82, 2.24) is 0 Å². The molecule has 2 aliphatic rings. The molecule has 0 N–H and O–H groups in total. The molecule has 2 saturated heterocycles. The average molecular weight is 126 g/mol. The number of ether oxygens (including phenoxy) is 1. The molecule has 0 amide bonds. The molecule has 2 heterocycles. The summed E-state index contributed by atoms with van der Waals surface area (Å²) in [5.74, 6) is 0.509. The fraction of sp³-hybridized carbons (Fsp3) is 0.857. The van der Waals surface area contributed by atoms with Crippen LogP contribution in [0.25, 0.3) is 0 Å². The predicted molar refractivity (Wildman–Crippen MR) is 32.1 cm³/mol. The van der Waals surface area contributed by atoms with E-state index in [-0.39, 0.29) is 18.1 Å². The van der Waals surface area contributed by atoms with Crippen LogP contribution in [-0.4, -0.2) is 18.0 Å².